The number of aromatic nitrogens is 1. The van der Waals surface area contributed by atoms with Gasteiger partial charge in [0.25, 0.3) is 0 Å². The third-order valence-corrected chi connectivity index (χ3v) is 4.87. The first-order valence-corrected chi connectivity index (χ1v) is 9.07. The van der Waals surface area contributed by atoms with Gasteiger partial charge >= 0.3 is 0 Å². The number of hydrogen-bond donors (Lipinski definition) is 0. The molecule has 0 atom stereocenters. The Hall–Kier alpha value is -3.17. The second-order valence-electron chi connectivity index (χ2n) is 5.58. The van der Waals surface area contributed by atoms with E-state index >= 15 is 0 Å². The summed E-state index contributed by atoms with van der Waals surface area (Å²) < 4.78 is 19.1. The quantitative estimate of drug-likeness (QED) is 0.458. The molecule has 6 heteroatoms. The van der Waals surface area contributed by atoms with Crippen LogP contribution in [0.4, 0.5) is 4.39 Å². The van der Waals surface area contributed by atoms with Gasteiger partial charge in [0.2, 0.25) is 0 Å². The molecular formula is C21H15FN2O2S. The van der Waals surface area contributed by atoms with Crippen LogP contribution >= 0.6 is 11.8 Å². The van der Waals surface area contributed by atoms with Crippen molar-refractivity contribution in [3.63, 3.8) is 0 Å². The third kappa shape index (κ3) is 4.33. The Morgan fingerprint density at radius 1 is 1.15 bits per heavy atom. The standard InChI is InChI=1S/C21H15FN2O2S/c1-26-16-9-6-14(7-10-16)20(25)13-27-21-15(12-23)8-11-19(24-21)17-4-2-3-5-18(17)22/h2-11H,13H2,1H3. The van der Waals surface area contributed by atoms with Gasteiger partial charge in [0.05, 0.1) is 24.1 Å². The molecule has 0 saturated heterocycles. The second-order valence-corrected chi connectivity index (χ2v) is 6.55. The molecule has 0 unspecified atom stereocenters. The molecule has 1 aromatic heterocycles. The Balaban J connectivity index is 1.81. The molecule has 27 heavy (non-hydrogen) atoms. The van der Waals surface area contributed by atoms with Gasteiger partial charge in [-0.15, -0.1) is 0 Å². The number of carbonyl (C=O) groups excluding carboxylic acids is 1. The van der Waals surface area contributed by atoms with Crippen molar-refractivity contribution in [1.82, 2.24) is 4.98 Å². The van der Waals surface area contributed by atoms with Gasteiger partial charge in [-0.3, -0.25) is 4.79 Å². The summed E-state index contributed by atoms with van der Waals surface area (Å²) in [6.07, 6.45) is 0. The van der Waals surface area contributed by atoms with Crippen molar-refractivity contribution in [2.45, 2.75) is 5.03 Å². The van der Waals surface area contributed by atoms with E-state index in [1.54, 1.807) is 61.7 Å². The van der Waals surface area contributed by atoms with Crippen LogP contribution in [0.2, 0.25) is 0 Å². The SMILES string of the molecule is COc1ccc(C(=O)CSc2nc(-c3ccccc3F)ccc2C#N)cc1. The van der Waals surface area contributed by atoms with E-state index < -0.39 is 0 Å². The number of nitrogens with zero attached hydrogens (tertiary/aromatic N) is 2. The second kappa shape index (κ2) is 8.47. The van der Waals surface area contributed by atoms with Gasteiger partial charge < -0.3 is 4.74 Å². The first-order valence-electron chi connectivity index (χ1n) is 8.08. The summed E-state index contributed by atoms with van der Waals surface area (Å²) in [5, 5.41) is 9.70. The van der Waals surface area contributed by atoms with Gasteiger partial charge in [-0.25, -0.2) is 9.37 Å². The average Bonchev–Trinajstić information content (AvgIpc) is 2.72. The minimum atomic E-state index is -0.389. The Kier molecular flexibility index (Phi) is 5.84. The van der Waals surface area contributed by atoms with E-state index in [9.17, 15) is 14.4 Å². The maximum Gasteiger partial charge on any atom is 0.173 e. The largest absolute Gasteiger partial charge is 0.497 e. The highest BCUT2D eigenvalue weighted by molar-refractivity contribution is 8.00. The van der Waals surface area contributed by atoms with Crippen LogP contribution in [0.25, 0.3) is 11.3 Å². The van der Waals surface area contributed by atoms with Crippen molar-refractivity contribution in [2.24, 2.45) is 0 Å². The van der Waals surface area contributed by atoms with Crippen LogP contribution in [0.15, 0.2) is 65.7 Å². The fraction of sp³-hybridized carbons (Fsp3) is 0.0952. The number of methoxy groups -OCH3 is 1. The molecule has 3 rings (SSSR count). The molecule has 0 spiro atoms. The van der Waals surface area contributed by atoms with Gasteiger partial charge in [0, 0.05) is 11.1 Å². The topological polar surface area (TPSA) is 63.0 Å². The third-order valence-electron chi connectivity index (χ3n) is 3.88. The van der Waals surface area contributed by atoms with Crippen LogP contribution in [-0.4, -0.2) is 23.6 Å². The monoisotopic (exact) mass is 378 g/mol. The fourth-order valence-corrected chi connectivity index (χ4v) is 3.32. The molecule has 0 fully saturated rings. The minimum absolute atomic E-state index is 0.0929. The van der Waals surface area contributed by atoms with Crippen molar-refractivity contribution < 1.29 is 13.9 Å². The number of nitriles is 1. The first kappa shape index (κ1) is 18.6. The number of rotatable bonds is 6. The normalized spacial score (nSPS) is 10.3. The fourth-order valence-electron chi connectivity index (χ4n) is 2.45. The van der Waals surface area contributed by atoms with E-state index in [0.29, 0.717) is 33.2 Å². The van der Waals surface area contributed by atoms with E-state index in [2.05, 4.69) is 11.1 Å². The number of benzene rings is 2. The average molecular weight is 378 g/mol. The summed E-state index contributed by atoms with van der Waals surface area (Å²) in [6, 6.07) is 18.4. The Morgan fingerprint density at radius 3 is 2.56 bits per heavy atom. The molecule has 0 amide bonds. The number of pyridine rings is 1. The number of Topliss-reactive ketones (excluding diaryl/α,β-unsaturated/α-hetero) is 1. The number of thioether (sulfide) groups is 1. The molecule has 0 aliphatic rings. The molecule has 0 bridgehead atoms. The maximum absolute atomic E-state index is 14.0. The van der Waals surface area contributed by atoms with Crippen molar-refractivity contribution in [3.8, 4) is 23.1 Å². The number of hydrogen-bond acceptors (Lipinski definition) is 5. The summed E-state index contributed by atoms with van der Waals surface area (Å²) in [5.41, 5.74) is 1.67. The van der Waals surface area contributed by atoms with Gasteiger partial charge in [-0.05, 0) is 48.5 Å². The molecule has 2 aromatic carbocycles. The van der Waals surface area contributed by atoms with Crippen molar-refractivity contribution >= 4 is 17.5 Å². The van der Waals surface area contributed by atoms with Crippen LogP contribution in [-0.2, 0) is 0 Å². The highest BCUT2D eigenvalue weighted by Gasteiger charge is 2.13. The van der Waals surface area contributed by atoms with Crippen LogP contribution in [0.3, 0.4) is 0 Å². The van der Waals surface area contributed by atoms with Gasteiger partial charge in [0.15, 0.2) is 5.78 Å². The molecular weight excluding hydrogens is 363 g/mol. The zero-order chi connectivity index (χ0) is 19.2. The predicted octanol–water partition coefficient (Wildman–Crippen LogP) is 4.74. The molecule has 134 valence electrons. The number of ether oxygens (including phenoxy) is 1. The van der Waals surface area contributed by atoms with Gasteiger partial charge in [0.1, 0.15) is 22.7 Å². The lowest BCUT2D eigenvalue weighted by molar-refractivity contribution is 0.102. The Morgan fingerprint density at radius 2 is 1.89 bits per heavy atom. The van der Waals surface area contributed by atoms with E-state index in [0.717, 1.165) is 11.8 Å². The van der Waals surface area contributed by atoms with Crippen LogP contribution in [0, 0.1) is 17.1 Å². The number of carbonyl (C=O) groups is 1. The Bertz CT molecular complexity index is 1010. The van der Waals surface area contributed by atoms with E-state index in [1.807, 2.05) is 0 Å². The molecule has 3 aromatic rings. The van der Waals surface area contributed by atoms with E-state index in [1.165, 1.54) is 6.07 Å². The van der Waals surface area contributed by atoms with Gasteiger partial charge in [-0.1, -0.05) is 23.9 Å². The van der Waals surface area contributed by atoms with Crippen molar-refractivity contribution in [2.75, 3.05) is 12.9 Å². The van der Waals surface area contributed by atoms with Crippen LogP contribution < -0.4 is 4.74 Å². The molecule has 0 N–H and O–H groups in total. The lowest BCUT2D eigenvalue weighted by atomic mass is 10.1. The lowest BCUT2D eigenvalue weighted by Gasteiger charge is -2.07. The number of ketones is 1. The van der Waals surface area contributed by atoms with E-state index in [-0.39, 0.29) is 17.4 Å². The molecule has 0 aliphatic heterocycles. The first-order chi connectivity index (χ1) is 13.1. The minimum Gasteiger partial charge on any atom is -0.497 e. The zero-order valence-corrected chi connectivity index (χ0v) is 15.3. The van der Waals surface area contributed by atoms with Crippen molar-refractivity contribution in [1.29, 1.82) is 5.26 Å². The lowest BCUT2D eigenvalue weighted by Crippen LogP contribution is -2.03. The number of halogens is 1. The van der Waals surface area contributed by atoms with Crippen LogP contribution in [0.1, 0.15) is 15.9 Å². The smallest absolute Gasteiger partial charge is 0.173 e. The summed E-state index contributed by atoms with van der Waals surface area (Å²) >= 11 is 1.16. The molecule has 4 nitrogen and oxygen atoms in total. The summed E-state index contributed by atoms with van der Waals surface area (Å²) in [4.78, 5) is 16.8. The van der Waals surface area contributed by atoms with Gasteiger partial charge in [-0.2, -0.15) is 5.26 Å². The predicted molar refractivity (Wildman–Crippen MR) is 102 cm³/mol. The zero-order valence-electron chi connectivity index (χ0n) is 14.5. The van der Waals surface area contributed by atoms with Crippen LogP contribution in [0.5, 0.6) is 5.75 Å². The summed E-state index contributed by atoms with van der Waals surface area (Å²) in [6.45, 7) is 0. The molecule has 0 aliphatic carbocycles. The molecule has 0 saturated carbocycles. The summed E-state index contributed by atoms with van der Waals surface area (Å²) in [7, 11) is 1.56. The van der Waals surface area contributed by atoms with E-state index in [4.69, 9.17) is 4.74 Å². The highest BCUT2D eigenvalue weighted by Crippen LogP contribution is 2.27. The van der Waals surface area contributed by atoms with Crippen molar-refractivity contribution in [3.05, 3.63) is 77.6 Å². The Labute approximate surface area is 160 Å². The summed E-state index contributed by atoms with van der Waals surface area (Å²) in [5.74, 6) is 0.309. The highest BCUT2D eigenvalue weighted by atomic mass is 32.2. The molecule has 1 heterocycles. The maximum atomic E-state index is 14.0. The molecule has 0 radical (unpaired) electrons.